The summed E-state index contributed by atoms with van der Waals surface area (Å²) in [6.07, 6.45) is 0. The maximum atomic E-state index is 2.47. The van der Waals surface area contributed by atoms with Gasteiger partial charge >= 0.3 is 0 Å². The van der Waals surface area contributed by atoms with E-state index in [4.69, 9.17) is 0 Å². The number of hydrogen-bond acceptors (Lipinski definition) is 1. The van der Waals surface area contributed by atoms with Crippen molar-refractivity contribution in [1.29, 1.82) is 0 Å². The molecule has 0 amide bonds. The van der Waals surface area contributed by atoms with E-state index in [0.29, 0.717) is 0 Å². The van der Waals surface area contributed by atoms with Gasteiger partial charge in [0, 0.05) is 53.0 Å². The quantitative estimate of drug-likeness (QED) is 0.151. The first-order valence-electron chi connectivity index (χ1n) is 23.7. The number of aromatic nitrogens is 2. The van der Waals surface area contributed by atoms with Crippen molar-refractivity contribution in [2.45, 2.75) is 0 Å². The van der Waals surface area contributed by atoms with Gasteiger partial charge in [-0.1, -0.05) is 182 Å². The van der Waals surface area contributed by atoms with E-state index in [-0.39, 0.29) is 0 Å². The Morgan fingerprint density at radius 2 is 0.754 bits per heavy atom. The van der Waals surface area contributed by atoms with E-state index >= 15 is 0 Å². The minimum atomic E-state index is 1.14. The molecule has 0 aliphatic heterocycles. The van der Waals surface area contributed by atoms with Crippen molar-refractivity contribution in [3.8, 4) is 67.0 Å². The first-order chi connectivity index (χ1) is 34.2. The minimum Gasteiger partial charge on any atom is -0.309 e. The Balaban J connectivity index is 0.952. The highest BCUT2D eigenvalue weighted by Gasteiger charge is 2.21. The summed E-state index contributed by atoms with van der Waals surface area (Å²) >= 11 is 1.86. The molecule has 2 nitrogen and oxygen atoms in total. The van der Waals surface area contributed by atoms with Crippen molar-refractivity contribution in [2.24, 2.45) is 0 Å². The summed E-state index contributed by atoms with van der Waals surface area (Å²) in [7, 11) is 0. The van der Waals surface area contributed by atoms with Crippen LogP contribution in [0, 0.1) is 0 Å². The molecule has 0 fully saturated rings. The third kappa shape index (κ3) is 6.47. The zero-order chi connectivity index (χ0) is 45.4. The number of para-hydroxylation sites is 1. The molecule has 0 atom stereocenters. The van der Waals surface area contributed by atoms with Crippen molar-refractivity contribution >= 4 is 75.1 Å². The molecule has 11 aromatic carbocycles. The second-order valence-corrected chi connectivity index (χ2v) is 19.1. The topological polar surface area (TPSA) is 9.86 Å². The lowest BCUT2D eigenvalue weighted by atomic mass is 9.97. The van der Waals surface area contributed by atoms with E-state index in [2.05, 4.69) is 264 Å². The highest BCUT2D eigenvalue weighted by atomic mass is 32.1. The number of fused-ring (bicyclic) bond motifs is 9. The fraction of sp³-hybridized carbons (Fsp3) is 0. The van der Waals surface area contributed by atoms with Gasteiger partial charge in [0.25, 0.3) is 0 Å². The highest BCUT2D eigenvalue weighted by molar-refractivity contribution is 7.25. The maximum Gasteiger partial charge on any atom is 0.0547 e. The molecule has 0 radical (unpaired) electrons. The third-order valence-corrected chi connectivity index (χ3v) is 15.3. The van der Waals surface area contributed by atoms with Crippen LogP contribution < -0.4 is 0 Å². The highest BCUT2D eigenvalue weighted by Crippen LogP contribution is 2.44. The Hall–Kier alpha value is -8.76. The molecular weight excluding hydrogens is 853 g/mol. The predicted molar refractivity (Wildman–Crippen MR) is 295 cm³/mol. The van der Waals surface area contributed by atoms with Gasteiger partial charge in [-0.25, -0.2) is 0 Å². The SMILES string of the molecule is c1ccc(-c2ccc(-c3ccccc3)c(-n3c4ccccc4c4cc(-c5ccc6c(c5)c5c(-c7ccccc7)cccc5n6-c5cccc(-c6ccc7sc8ccccc8c7c6)c5)ccc43)c2)cc1. The van der Waals surface area contributed by atoms with Crippen LogP contribution in [-0.4, -0.2) is 9.13 Å². The average Bonchev–Trinajstić information content (AvgIpc) is 4.08. The van der Waals surface area contributed by atoms with Crippen molar-refractivity contribution in [3.05, 3.63) is 255 Å². The van der Waals surface area contributed by atoms with Crippen LogP contribution in [0.3, 0.4) is 0 Å². The molecule has 69 heavy (non-hydrogen) atoms. The zero-order valence-electron chi connectivity index (χ0n) is 37.6. The first-order valence-corrected chi connectivity index (χ1v) is 24.5. The van der Waals surface area contributed by atoms with Crippen molar-refractivity contribution in [2.75, 3.05) is 0 Å². The van der Waals surface area contributed by atoms with Crippen molar-refractivity contribution < 1.29 is 0 Å². The van der Waals surface area contributed by atoms with E-state index in [0.717, 1.165) is 11.4 Å². The number of thiophene rings is 1. The fourth-order valence-electron chi connectivity index (χ4n) is 10.9. The molecule has 322 valence electrons. The van der Waals surface area contributed by atoms with Gasteiger partial charge in [-0.05, 0) is 123 Å². The number of nitrogens with zero attached hydrogens (tertiary/aromatic N) is 2. The summed E-state index contributed by atoms with van der Waals surface area (Å²) in [6, 6.07) is 93.8. The van der Waals surface area contributed by atoms with Gasteiger partial charge in [-0.15, -0.1) is 11.3 Å². The summed E-state index contributed by atoms with van der Waals surface area (Å²) in [6.45, 7) is 0. The molecule has 0 unspecified atom stereocenters. The molecule has 14 aromatic rings. The summed E-state index contributed by atoms with van der Waals surface area (Å²) < 4.78 is 7.58. The third-order valence-electron chi connectivity index (χ3n) is 14.1. The van der Waals surface area contributed by atoms with Crippen LogP contribution in [0.2, 0.25) is 0 Å². The van der Waals surface area contributed by atoms with Crippen LogP contribution in [0.15, 0.2) is 255 Å². The molecule has 3 heterocycles. The van der Waals surface area contributed by atoms with Gasteiger partial charge in [0.1, 0.15) is 0 Å². The second kappa shape index (κ2) is 16.0. The Morgan fingerprint density at radius 3 is 1.52 bits per heavy atom. The van der Waals surface area contributed by atoms with Crippen LogP contribution in [0.1, 0.15) is 0 Å². The molecule has 0 bridgehead atoms. The van der Waals surface area contributed by atoms with Gasteiger partial charge in [-0.2, -0.15) is 0 Å². The average molecular weight is 895 g/mol. The van der Waals surface area contributed by atoms with E-state index in [1.54, 1.807) is 0 Å². The first kappa shape index (κ1) is 39.4. The lowest BCUT2D eigenvalue weighted by Crippen LogP contribution is -1.98. The second-order valence-electron chi connectivity index (χ2n) is 18.0. The fourth-order valence-corrected chi connectivity index (χ4v) is 12.0. The minimum absolute atomic E-state index is 1.14. The molecule has 3 aromatic heterocycles. The van der Waals surface area contributed by atoms with Crippen molar-refractivity contribution in [1.82, 2.24) is 9.13 Å². The van der Waals surface area contributed by atoms with E-state index in [1.165, 1.54) is 119 Å². The van der Waals surface area contributed by atoms with Crippen LogP contribution >= 0.6 is 11.3 Å². The Bertz CT molecular complexity index is 4290. The Morgan fingerprint density at radius 1 is 0.246 bits per heavy atom. The van der Waals surface area contributed by atoms with E-state index in [1.807, 2.05) is 11.3 Å². The summed E-state index contributed by atoms with van der Waals surface area (Å²) in [5.74, 6) is 0. The number of hydrogen-bond donors (Lipinski definition) is 0. The van der Waals surface area contributed by atoms with Crippen LogP contribution in [-0.2, 0) is 0 Å². The smallest absolute Gasteiger partial charge is 0.0547 e. The van der Waals surface area contributed by atoms with Crippen LogP contribution in [0.4, 0.5) is 0 Å². The molecule has 0 saturated heterocycles. The Kier molecular flexibility index (Phi) is 9.11. The van der Waals surface area contributed by atoms with Gasteiger partial charge in [0.15, 0.2) is 0 Å². The molecule has 3 heteroatoms. The standard InChI is InChI=1S/C66H42N2S/c1-4-16-43(17-5-1)50-30-34-52(44-18-6-2-7-19-44)63(42-50)68-59-27-12-10-24-54(59)56-39-47(31-35-60(56)68)48-32-36-61-58(41-48)66-53(45-20-8-3-9-21-45)26-15-28-62(66)67(61)51-23-14-22-46(38-51)49-33-37-65-57(40-49)55-25-11-13-29-64(55)69-65/h1-42H. The molecule has 0 aliphatic carbocycles. The van der Waals surface area contributed by atoms with E-state index in [9.17, 15) is 0 Å². The lowest BCUT2D eigenvalue weighted by Gasteiger charge is -2.16. The molecule has 0 aliphatic rings. The Labute approximate surface area is 403 Å². The summed E-state index contributed by atoms with van der Waals surface area (Å²) in [5.41, 5.74) is 19.0. The van der Waals surface area contributed by atoms with Crippen LogP contribution in [0.25, 0.3) is 131 Å². The van der Waals surface area contributed by atoms with Gasteiger partial charge in [0.2, 0.25) is 0 Å². The lowest BCUT2D eigenvalue weighted by molar-refractivity contribution is 1.18. The zero-order valence-corrected chi connectivity index (χ0v) is 38.4. The van der Waals surface area contributed by atoms with Crippen molar-refractivity contribution in [3.63, 3.8) is 0 Å². The van der Waals surface area contributed by atoms with Crippen LogP contribution in [0.5, 0.6) is 0 Å². The van der Waals surface area contributed by atoms with Gasteiger partial charge in [-0.3, -0.25) is 0 Å². The largest absolute Gasteiger partial charge is 0.309 e. The summed E-state index contributed by atoms with van der Waals surface area (Å²) in [5, 5.41) is 7.57. The molecule has 0 N–H and O–H groups in total. The molecular formula is C66H42N2S. The predicted octanol–water partition coefficient (Wildman–Crippen LogP) is 18.6. The molecule has 0 spiro atoms. The molecule has 14 rings (SSSR count). The monoisotopic (exact) mass is 894 g/mol. The normalized spacial score (nSPS) is 11.8. The maximum absolute atomic E-state index is 2.47. The molecule has 0 saturated carbocycles. The number of benzene rings is 11. The summed E-state index contributed by atoms with van der Waals surface area (Å²) in [4.78, 5) is 0. The van der Waals surface area contributed by atoms with Gasteiger partial charge in [0.05, 0.1) is 27.8 Å². The van der Waals surface area contributed by atoms with E-state index < -0.39 is 0 Å². The van der Waals surface area contributed by atoms with Gasteiger partial charge < -0.3 is 9.13 Å². The number of rotatable bonds is 7.